The molecule has 0 atom stereocenters. The Morgan fingerprint density at radius 1 is 1.29 bits per heavy atom. The molecule has 0 heterocycles. The smallest absolute Gasteiger partial charge is 0.0819 e. The van der Waals surface area contributed by atoms with E-state index >= 15 is 0 Å². The van der Waals surface area contributed by atoms with Gasteiger partial charge in [0.05, 0.1) is 5.60 Å². The first-order chi connectivity index (χ1) is 8.09. The molecule has 1 saturated carbocycles. The van der Waals surface area contributed by atoms with Gasteiger partial charge in [-0.15, -0.1) is 0 Å². The van der Waals surface area contributed by atoms with Gasteiger partial charge in [-0.1, -0.05) is 19.3 Å². The van der Waals surface area contributed by atoms with E-state index < -0.39 is 5.60 Å². The Kier molecular flexibility index (Phi) is 4.14. The molecule has 1 aliphatic carbocycles. The Labute approximate surface area is 116 Å². The second-order valence-corrected chi connectivity index (χ2v) is 6.04. The number of anilines is 2. The normalized spacial score (nSPS) is 18.9. The summed E-state index contributed by atoms with van der Waals surface area (Å²) in [6, 6.07) is 5.80. The fraction of sp³-hybridized carbons (Fsp3) is 0.538. The van der Waals surface area contributed by atoms with Gasteiger partial charge in [0.2, 0.25) is 0 Å². The molecule has 1 fully saturated rings. The average molecular weight is 346 g/mol. The van der Waals surface area contributed by atoms with Crippen LogP contribution in [0.25, 0.3) is 0 Å². The Morgan fingerprint density at radius 3 is 2.65 bits per heavy atom. The zero-order valence-corrected chi connectivity index (χ0v) is 12.0. The summed E-state index contributed by atoms with van der Waals surface area (Å²) in [5.74, 6) is 0. The molecule has 4 heteroatoms. The molecule has 1 aliphatic rings. The molecule has 1 aromatic carbocycles. The number of nitrogens with one attached hydrogen (secondary N) is 1. The molecule has 17 heavy (non-hydrogen) atoms. The maximum absolute atomic E-state index is 10.4. The zero-order chi connectivity index (χ0) is 12.3. The minimum atomic E-state index is -0.525. The van der Waals surface area contributed by atoms with E-state index in [9.17, 15) is 5.11 Å². The molecule has 3 nitrogen and oxygen atoms in total. The molecule has 1 aromatic rings. The van der Waals surface area contributed by atoms with E-state index in [1.165, 1.54) is 6.42 Å². The lowest BCUT2D eigenvalue weighted by Crippen LogP contribution is -2.38. The molecule has 0 amide bonds. The van der Waals surface area contributed by atoms with Crippen molar-refractivity contribution in [3.05, 3.63) is 21.8 Å². The molecular weight excluding hydrogens is 327 g/mol. The molecular formula is C13H19IN2O. The number of hydrogen-bond donors (Lipinski definition) is 3. The van der Waals surface area contributed by atoms with Gasteiger partial charge in [0.1, 0.15) is 0 Å². The van der Waals surface area contributed by atoms with Crippen molar-refractivity contribution < 1.29 is 5.11 Å². The van der Waals surface area contributed by atoms with E-state index in [0.29, 0.717) is 6.54 Å². The third kappa shape index (κ3) is 3.48. The third-order valence-electron chi connectivity index (χ3n) is 3.39. The van der Waals surface area contributed by atoms with Gasteiger partial charge in [0, 0.05) is 21.5 Å². The standard InChI is InChI=1S/C13H19IN2O/c14-11-8-10(15)4-5-12(11)16-9-13(17)6-2-1-3-7-13/h4-5,8,16-17H,1-3,6-7,9,15H2. The van der Waals surface area contributed by atoms with Crippen molar-refractivity contribution in [1.82, 2.24) is 0 Å². The van der Waals surface area contributed by atoms with Crippen molar-refractivity contribution in [1.29, 1.82) is 0 Å². The summed E-state index contributed by atoms with van der Waals surface area (Å²) >= 11 is 2.26. The average Bonchev–Trinajstić information content (AvgIpc) is 2.29. The summed E-state index contributed by atoms with van der Waals surface area (Å²) in [6.45, 7) is 0.632. The Morgan fingerprint density at radius 2 is 2.00 bits per heavy atom. The number of benzene rings is 1. The summed E-state index contributed by atoms with van der Waals surface area (Å²) in [6.07, 6.45) is 5.34. The van der Waals surface area contributed by atoms with Crippen molar-refractivity contribution in [3.63, 3.8) is 0 Å². The first-order valence-electron chi connectivity index (χ1n) is 6.10. The van der Waals surface area contributed by atoms with Crippen molar-refractivity contribution in [3.8, 4) is 0 Å². The Bertz CT molecular complexity index is 389. The molecule has 0 unspecified atom stereocenters. The van der Waals surface area contributed by atoms with Crippen LogP contribution in [0.1, 0.15) is 32.1 Å². The summed E-state index contributed by atoms with van der Waals surface area (Å²) < 4.78 is 1.10. The van der Waals surface area contributed by atoms with Crippen LogP contribution in [-0.2, 0) is 0 Å². The minimum Gasteiger partial charge on any atom is -0.399 e. The predicted octanol–water partition coefficient (Wildman–Crippen LogP) is 2.98. The van der Waals surface area contributed by atoms with Gasteiger partial charge < -0.3 is 16.2 Å². The highest BCUT2D eigenvalue weighted by molar-refractivity contribution is 14.1. The van der Waals surface area contributed by atoms with Crippen LogP contribution in [0.4, 0.5) is 11.4 Å². The fourth-order valence-corrected chi connectivity index (χ4v) is 3.05. The van der Waals surface area contributed by atoms with Crippen LogP contribution in [0, 0.1) is 3.57 Å². The number of rotatable bonds is 3. The van der Waals surface area contributed by atoms with Crippen LogP contribution in [0.15, 0.2) is 18.2 Å². The van der Waals surface area contributed by atoms with Gasteiger partial charge in [-0.05, 0) is 53.6 Å². The van der Waals surface area contributed by atoms with Crippen LogP contribution in [0.5, 0.6) is 0 Å². The summed E-state index contributed by atoms with van der Waals surface area (Å²) in [7, 11) is 0. The predicted molar refractivity (Wildman–Crippen MR) is 80.1 cm³/mol. The lowest BCUT2D eigenvalue weighted by Gasteiger charge is -2.32. The van der Waals surface area contributed by atoms with Gasteiger partial charge in [0.15, 0.2) is 0 Å². The number of aliphatic hydroxyl groups is 1. The second-order valence-electron chi connectivity index (χ2n) is 4.88. The molecule has 94 valence electrons. The molecule has 0 bridgehead atoms. The van der Waals surface area contributed by atoms with Crippen LogP contribution in [-0.4, -0.2) is 17.3 Å². The van der Waals surface area contributed by atoms with E-state index in [1.54, 1.807) is 0 Å². The van der Waals surface area contributed by atoms with E-state index in [1.807, 2.05) is 18.2 Å². The van der Waals surface area contributed by atoms with Gasteiger partial charge in [-0.25, -0.2) is 0 Å². The van der Waals surface area contributed by atoms with E-state index in [-0.39, 0.29) is 0 Å². The largest absolute Gasteiger partial charge is 0.399 e. The molecule has 2 rings (SSSR count). The minimum absolute atomic E-state index is 0.525. The first-order valence-corrected chi connectivity index (χ1v) is 7.18. The highest BCUT2D eigenvalue weighted by Gasteiger charge is 2.28. The van der Waals surface area contributed by atoms with Gasteiger partial charge in [-0.3, -0.25) is 0 Å². The van der Waals surface area contributed by atoms with Crippen LogP contribution in [0.2, 0.25) is 0 Å². The molecule has 0 radical (unpaired) electrons. The first kappa shape index (κ1) is 13.0. The van der Waals surface area contributed by atoms with Crippen molar-refractivity contribution in [2.24, 2.45) is 0 Å². The van der Waals surface area contributed by atoms with Gasteiger partial charge >= 0.3 is 0 Å². The lowest BCUT2D eigenvalue weighted by molar-refractivity contribution is 0.0167. The molecule has 0 saturated heterocycles. The van der Waals surface area contributed by atoms with Crippen molar-refractivity contribution >= 4 is 34.0 Å². The summed E-state index contributed by atoms with van der Waals surface area (Å²) in [5, 5.41) is 13.7. The molecule has 0 aromatic heterocycles. The maximum atomic E-state index is 10.4. The van der Waals surface area contributed by atoms with E-state index in [2.05, 4.69) is 27.9 Å². The van der Waals surface area contributed by atoms with Crippen LogP contribution < -0.4 is 11.1 Å². The quantitative estimate of drug-likeness (QED) is 0.583. The number of nitrogen functional groups attached to an aromatic ring is 1. The van der Waals surface area contributed by atoms with Crippen LogP contribution in [0.3, 0.4) is 0 Å². The van der Waals surface area contributed by atoms with Crippen molar-refractivity contribution in [2.75, 3.05) is 17.6 Å². The van der Waals surface area contributed by atoms with Crippen molar-refractivity contribution in [2.45, 2.75) is 37.7 Å². The van der Waals surface area contributed by atoms with E-state index in [4.69, 9.17) is 5.73 Å². The summed E-state index contributed by atoms with van der Waals surface area (Å²) in [4.78, 5) is 0. The monoisotopic (exact) mass is 346 g/mol. The van der Waals surface area contributed by atoms with Gasteiger partial charge in [-0.2, -0.15) is 0 Å². The Balaban J connectivity index is 1.97. The van der Waals surface area contributed by atoms with Crippen LogP contribution >= 0.6 is 22.6 Å². The Hall–Kier alpha value is -0.490. The highest BCUT2D eigenvalue weighted by atomic mass is 127. The summed E-state index contributed by atoms with van der Waals surface area (Å²) in [5.41, 5.74) is 7.01. The highest BCUT2D eigenvalue weighted by Crippen LogP contribution is 2.29. The lowest BCUT2D eigenvalue weighted by atomic mass is 9.85. The number of halogens is 1. The maximum Gasteiger partial charge on any atom is 0.0819 e. The number of nitrogens with two attached hydrogens (primary N) is 1. The topological polar surface area (TPSA) is 58.3 Å². The fourth-order valence-electron chi connectivity index (χ4n) is 2.32. The third-order valence-corrected chi connectivity index (χ3v) is 4.28. The van der Waals surface area contributed by atoms with Gasteiger partial charge in [0.25, 0.3) is 0 Å². The van der Waals surface area contributed by atoms with E-state index in [0.717, 1.165) is 40.6 Å². The molecule has 0 aliphatic heterocycles. The second kappa shape index (κ2) is 5.44. The SMILES string of the molecule is Nc1ccc(NCC2(O)CCCCC2)c(I)c1. The zero-order valence-electron chi connectivity index (χ0n) is 9.88. The number of hydrogen-bond acceptors (Lipinski definition) is 3. The molecule has 0 spiro atoms. The molecule has 4 N–H and O–H groups in total.